The number of likely N-dealkylation sites (tertiary alicyclic amines) is 1. The largest absolute Gasteiger partial charge is 0.493 e. The minimum Gasteiger partial charge on any atom is -0.493 e. The second-order valence-electron chi connectivity index (χ2n) is 14.1. The third kappa shape index (κ3) is 7.71. The van der Waals surface area contributed by atoms with Gasteiger partial charge in [0.1, 0.15) is 18.2 Å². The van der Waals surface area contributed by atoms with Gasteiger partial charge in [-0.2, -0.15) is 0 Å². The highest BCUT2D eigenvalue weighted by Crippen LogP contribution is 2.63. The predicted molar refractivity (Wildman–Crippen MR) is 186 cm³/mol. The molecule has 280 valence electrons. The van der Waals surface area contributed by atoms with Gasteiger partial charge in [-0.3, -0.25) is 24.3 Å². The number of aliphatic hydroxyl groups is 1. The molecule has 2 aliphatic carbocycles. The number of carbonyl (C=O) groups excluding carboxylic acids is 3. The average Bonchev–Trinajstić information content (AvgIpc) is 3.82. The van der Waals surface area contributed by atoms with Crippen molar-refractivity contribution in [3.05, 3.63) is 35.1 Å². The van der Waals surface area contributed by atoms with Crippen molar-refractivity contribution in [2.24, 2.45) is 22.4 Å². The number of guanidine groups is 1. The van der Waals surface area contributed by atoms with Crippen LogP contribution in [0.3, 0.4) is 0 Å². The molecular weight excluding hydrogens is 662 g/mol. The zero-order valence-corrected chi connectivity index (χ0v) is 29.8. The number of benzene rings is 1. The van der Waals surface area contributed by atoms with E-state index in [2.05, 4.69) is 27.4 Å². The van der Waals surface area contributed by atoms with E-state index in [0.29, 0.717) is 36.0 Å². The second kappa shape index (κ2) is 15.4. The number of aryl methyl sites for hydroxylation is 1. The Labute approximate surface area is 297 Å². The third-order valence-electron chi connectivity index (χ3n) is 10.7. The monoisotopic (exact) mass is 713 g/mol. The van der Waals surface area contributed by atoms with Gasteiger partial charge in [0.25, 0.3) is 0 Å². The van der Waals surface area contributed by atoms with Crippen molar-refractivity contribution in [2.45, 2.75) is 88.0 Å². The molecule has 5 rings (SSSR count). The number of hydrogen-bond acceptors (Lipinski definition) is 10. The molecule has 16 nitrogen and oxygen atoms in total. The fourth-order valence-corrected chi connectivity index (χ4v) is 7.84. The summed E-state index contributed by atoms with van der Waals surface area (Å²) in [6, 6.07) is 2.60. The van der Waals surface area contributed by atoms with Crippen molar-refractivity contribution in [3.8, 4) is 11.5 Å². The normalized spacial score (nSPS) is 25.5. The van der Waals surface area contributed by atoms with Crippen LogP contribution in [0.5, 0.6) is 11.5 Å². The van der Waals surface area contributed by atoms with Crippen LogP contribution in [0.2, 0.25) is 0 Å². The van der Waals surface area contributed by atoms with Crippen LogP contribution in [0.25, 0.3) is 0 Å². The number of methoxy groups -OCH3 is 1. The van der Waals surface area contributed by atoms with Gasteiger partial charge in [0, 0.05) is 51.3 Å². The van der Waals surface area contributed by atoms with E-state index in [1.165, 1.54) is 24.8 Å². The van der Waals surface area contributed by atoms with Gasteiger partial charge in [0.2, 0.25) is 11.8 Å². The molecule has 0 unspecified atom stereocenters. The smallest absolute Gasteiger partial charge is 0.414 e. The maximum Gasteiger partial charge on any atom is 0.414 e. The lowest BCUT2D eigenvalue weighted by Crippen LogP contribution is -2.72. The van der Waals surface area contributed by atoms with Crippen molar-refractivity contribution in [1.82, 2.24) is 20.4 Å². The van der Waals surface area contributed by atoms with E-state index in [1.54, 1.807) is 13.2 Å². The lowest BCUT2D eigenvalue weighted by atomic mass is 9.54. The number of nitrogens with two attached hydrogens (primary N) is 2. The van der Waals surface area contributed by atoms with E-state index in [1.807, 2.05) is 19.1 Å². The number of fused-ring (bicyclic) bond motifs is 1. The van der Waals surface area contributed by atoms with E-state index in [9.17, 15) is 24.3 Å². The maximum atomic E-state index is 13.5. The van der Waals surface area contributed by atoms with E-state index >= 15 is 0 Å². The Morgan fingerprint density at radius 1 is 1.24 bits per heavy atom. The maximum absolute atomic E-state index is 13.5. The number of carboxylic acid groups (broad SMARTS) is 1. The number of hydrogen-bond donors (Lipinski definition) is 6. The molecule has 1 aromatic carbocycles. The van der Waals surface area contributed by atoms with Gasteiger partial charge in [-0.15, -0.1) is 0 Å². The van der Waals surface area contributed by atoms with E-state index < -0.39 is 53.5 Å². The molecule has 8 N–H and O–H groups in total. The van der Waals surface area contributed by atoms with Gasteiger partial charge in [-0.25, -0.2) is 4.79 Å². The van der Waals surface area contributed by atoms with Crippen LogP contribution in [-0.4, -0.2) is 121 Å². The predicted octanol–water partition coefficient (Wildman–Crippen LogP) is 0.723. The zero-order chi connectivity index (χ0) is 37.1. The Balaban J connectivity index is 1.27. The SMILES string of the molecule is COc1ccc(C)c2c1O[C@H]1C(OC(=O)N(C)CCNC(=O)[C@@H](CCCN=C(N)N)NC(=O)CC(=O)O)=CC[C@@]3(O)[C@@H](C)N(CC4CC4)CC[C@]213. The first-order chi connectivity index (χ1) is 24.2. The summed E-state index contributed by atoms with van der Waals surface area (Å²) in [5.74, 6) is -0.757. The average molecular weight is 714 g/mol. The van der Waals surface area contributed by atoms with Gasteiger partial charge in [-0.05, 0) is 76.1 Å². The fourth-order valence-electron chi connectivity index (χ4n) is 7.84. The van der Waals surface area contributed by atoms with Crippen LogP contribution in [-0.2, 0) is 24.5 Å². The molecule has 1 saturated carbocycles. The number of aliphatic carboxylic acids is 1. The summed E-state index contributed by atoms with van der Waals surface area (Å²) >= 11 is 0. The van der Waals surface area contributed by atoms with Gasteiger partial charge in [0.05, 0.1) is 18.1 Å². The lowest BCUT2D eigenvalue weighted by molar-refractivity contribution is -0.158. The molecule has 5 atom stereocenters. The number of nitrogens with one attached hydrogen (secondary N) is 2. The van der Waals surface area contributed by atoms with Crippen molar-refractivity contribution in [1.29, 1.82) is 0 Å². The van der Waals surface area contributed by atoms with Gasteiger partial charge >= 0.3 is 12.1 Å². The number of aliphatic imine (C=N–C) groups is 1. The molecule has 0 bridgehead atoms. The number of likely N-dealkylation sites (N-methyl/N-ethyl adjacent to an activating group) is 1. The van der Waals surface area contributed by atoms with E-state index in [4.69, 9.17) is 30.8 Å². The Kier molecular flexibility index (Phi) is 11.3. The molecule has 1 spiro atoms. The summed E-state index contributed by atoms with van der Waals surface area (Å²) in [6.45, 7) is 6.05. The highest BCUT2D eigenvalue weighted by molar-refractivity contribution is 5.96. The summed E-state index contributed by atoms with van der Waals surface area (Å²) in [6.07, 6.45) is 3.27. The Bertz CT molecular complexity index is 1580. The van der Waals surface area contributed by atoms with Crippen LogP contribution in [0.15, 0.2) is 29.0 Å². The molecule has 1 saturated heterocycles. The summed E-state index contributed by atoms with van der Waals surface area (Å²) in [5, 5.41) is 26.8. The molecule has 3 amide bonds. The molecule has 4 aliphatic rings. The van der Waals surface area contributed by atoms with E-state index in [0.717, 1.165) is 24.2 Å². The molecule has 2 aliphatic heterocycles. The van der Waals surface area contributed by atoms with Crippen LogP contribution < -0.4 is 31.6 Å². The molecule has 51 heavy (non-hydrogen) atoms. The molecule has 1 aromatic rings. The quantitative estimate of drug-likeness (QED) is 0.0639. The highest BCUT2D eigenvalue weighted by Gasteiger charge is 2.69. The minimum absolute atomic E-state index is 0.0163. The Morgan fingerprint density at radius 3 is 2.65 bits per heavy atom. The number of rotatable bonds is 15. The van der Waals surface area contributed by atoms with Crippen LogP contribution in [0.1, 0.15) is 63.0 Å². The number of ether oxygens (including phenoxy) is 3. The summed E-state index contributed by atoms with van der Waals surface area (Å²) < 4.78 is 18.3. The number of carboxylic acids is 1. The number of amides is 3. The molecule has 2 heterocycles. The zero-order valence-electron chi connectivity index (χ0n) is 29.8. The molecule has 16 heteroatoms. The number of piperidine rings is 1. The molecule has 0 radical (unpaired) electrons. The molecular formula is C35H51N7O9. The first kappa shape index (κ1) is 37.7. The van der Waals surface area contributed by atoms with Gasteiger partial charge in [-0.1, -0.05) is 6.07 Å². The highest BCUT2D eigenvalue weighted by atomic mass is 16.6. The molecule has 2 fully saturated rings. The fraction of sp³-hybridized carbons (Fsp3) is 0.629. The molecule has 0 aromatic heterocycles. The Morgan fingerprint density at radius 2 is 1.98 bits per heavy atom. The second-order valence-corrected chi connectivity index (χ2v) is 14.1. The number of carbonyl (C=O) groups is 4. The summed E-state index contributed by atoms with van der Waals surface area (Å²) in [5.41, 5.74) is 10.4. The lowest BCUT2D eigenvalue weighted by Gasteiger charge is -2.59. The van der Waals surface area contributed by atoms with Gasteiger partial charge in [0.15, 0.2) is 23.6 Å². The first-order valence-electron chi connectivity index (χ1n) is 17.5. The third-order valence-corrected chi connectivity index (χ3v) is 10.7. The minimum atomic E-state index is -1.33. The summed E-state index contributed by atoms with van der Waals surface area (Å²) in [4.78, 5) is 57.1. The van der Waals surface area contributed by atoms with Crippen molar-refractivity contribution < 1.29 is 43.6 Å². The number of nitrogens with zero attached hydrogens (tertiary/aromatic N) is 3. The van der Waals surface area contributed by atoms with Crippen molar-refractivity contribution >= 4 is 29.8 Å². The first-order valence-corrected chi connectivity index (χ1v) is 17.5. The summed E-state index contributed by atoms with van der Waals surface area (Å²) in [7, 11) is 3.10. The van der Waals surface area contributed by atoms with E-state index in [-0.39, 0.29) is 44.5 Å². The standard InChI is InChI=1S/C35H51N7O9/c1-20-7-10-24(49-4)29-28(20)34-13-16-42(19-22-8-9-22)21(2)35(34,48)12-11-25(30(34)51-29)50-33(47)41(3)17-15-38-31(46)23(6-5-14-39-32(36)37)40-26(43)18-27(44)45/h7,10-11,21-23,30,48H,5-6,8-9,12-19H2,1-4H3,(H,38,46)(H,40,43)(H,44,45)(H4,36,37,39)/t21-,23-,30+,34+,35-/m1/s1. The van der Waals surface area contributed by atoms with Crippen LogP contribution >= 0.6 is 0 Å². The van der Waals surface area contributed by atoms with Crippen LogP contribution in [0, 0.1) is 12.8 Å². The van der Waals surface area contributed by atoms with Gasteiger partial charge < -0.3 is 51.4 Å². The van der Waals surface area contributed by atoms with Crippen LogP contribution in [0.4, 0.5) is 4.79 Å². The van der Waals surface area contributed by atoms with Crippen molar-refractivity contribution in [2.75, 3.05) is 46.9 Å². The Hall–Kier alpha value is -4.57. The van der Waals surface area contributed by atoms with Crippen molar-refractivity contribution in [3.63, 3.8) is 0 Å². The topological polar surface area (TPSA) is 231 Å².